The van der Waals surface area contributed by atoms with Gasteiger partial charge < -0.3 is 5.73 Å². The molecule has 2 N–H and O–H groups in total. The van der Waals surface area contributed by atoms with Gasteiger partial charge in [-0.25, -0.2) is 0 Å². The zero-order valence-electron chi connectivity index (χ0n) is 9.40. The van der Waals surface area contributed by atoms with Gasteiger partial charge in [0.15, 0.2) is 0 Å². The SMILES string of the molecule is Cn1cc(-c2ccc3c(c2N)CCC3)cn1. The van der Waals surface area contributed by atoms with Crippen molar-refractivity contribution in [3.63, 3.8) is 0 Å². The quantitative estimate of drug-likeness (QED) is 0.738. The van der Waals surface area contributed by atoms with Crippen LogP contribution < -0.4 is 5.73 Å². The number of anilines is 1. The van der Waals surface area contributed by atoms with E-state index in [1.54, 1.807) is 0 Å². The van der Waals surface area contributed by atoms with Crippen LogP contribution in [0.3, 0.4) is 0 Å². The predicted octanol–water partition coefficient (Wildman–Crippen LogP) is 2.16. The molecule has 0 unspecified atom stereocenters. The average Bonchev–Trinajstić information content (AvgIpc) is 2.87. The lowest BCUT2D eigenvalue weighted by Crippen LogP contribution is -1.96. The monoisotopic (exact) mass is 213 g/mol. The third-order valence-electron chi connectivity index (χ3n) is 3.34. The van der Waals surface area contributed by atoms with E-state index in [4.69, 9.17) is 5.73 Å². The maximum atomic E-state index is 6.24. The second kappa shape index (κ2) is 3.37. The standard InChI is InChI=1S/C13H15N3/c1-16-8-10(7-15-16)12-6-5-9-3-2-4-11(9)13(12)14/h5-8H,2-4,14H2,1H3. The van der Waals surface area contributed by atoms with Crippen LogP contribution in [0.4, 0.5) is 5.69 Å². The Morgan fingerprint density at radius 3 is 2.94 bits per heavy atom. The van der Waals surface area contributed by atoms with Crippen LogP contribution in [-0.4, -0.2) is 9.78 Å². The van der Waals surface area contributed by atoms with Crippen molar-refractivity contribution in [1.29, 1.82) is 0 Å². The topological polar surface area (TPSA) is 43.8 Å². The molecule has 1 aromatic carbocycles. The number of benzene rings is 1. The molecule has 1 aliphatic carbocycles. The lowest BCUT2D eigenvalue weighted by Gasteiger charge is -2.08. The molecular formula is C13H15N3. The number of hydrogen-bond donors (Lipinski definition) is 1. The fraction of sp³-hybridized carbons (Fsp3) is 0.308. The third kappa shape index (κ3) is 1.32. The van der Waals surface area contributed by atoms with Crippen molar-refractivity contribution >= 4 is 5.69 Å². The number of nitrogen functional groups attached to an aromatic ring is 1. The van der Waals surface area contributed by atoms with Crippen molar-refractivity contribution in [3.8, 4) is 11.1 Å². The molecule has 0 saturated carbocycles. The summed E-state index contributed by atoms with van der Waals surface area (Å²) in [6, 6.07) is 4.33. The number of fused-ring (bicyclic) bond motifs is 1. The van der Waals surface area contributed by atoms with Gasteiger partial charge in [-0.15, -0.1) is 0 Å². The van der Waals surface area contributed by atoms with Crippen molar-refractivity contribution in [3.05, 3.63) is 35.7 Å². The van der Waals surface area contributed by atoms with Gasteiger partial charge in [-0.05, 0) is 30.4 Å². The van der Waals surface area contributed by atoms with E-state index in [1.165, 1.54) is 24.0 Å². The Kier molecular flexibility index (Phi) is 1.99. The minimum Gasteiger partial charge on any atom is -0.398 e. The molecule has 0 aliphatic heterocycles. The van der Waals surface area contributed by atoms with Gasteiger partial charge in [-0.1, -0.05) is 12.1 Å². The van der Waals surface area contributed by atoms with E-state index in [1.807, 2.05) is 24.1 Å². The van der Waals surface area contributed by atoms with E-state index >= 15 is 0 Å². The number of rotatable bonds is 1. The maximum Gasteiger partial charge on any atom is 0.0568 e. The predicted molar refractivity (Wildman–Crippen MR) is 65.1 cm³/mol. The molecule has 1 aliphatic rings. The molecule has 0 fully saturated rings. The molecular weight excluding hydrogens is 198 g/mol. The fourth-order valence-electron chi connectivity index (χ4n) is 2.51. The molecule has 2 aromatic rings. The molecule has 0 saturated heterocycles. The van der Waals surface area contributed by atoms with Crippen molar-refractivity contribution in [1.82, 2.24) is 9.78 Å². The first-order chi connectivity index (χ1) is 7.75. The van der Waals surface area contributed by atoms with Crippen LogP contribution in [0.5, 0.6) is 0 Å². The maximum absolute atomic E-state index is 6.24. The average molecular weight is 213 g/mol. The van der Waals surface area contributed by atoms with Crippen LogP contribution >= 0.6 is 0 Å². The molecule has 1 heterocycles. The molecule has 16 heavy (non-hydrogen) atoms. The summed E-state index contributed by atoms with van der Waals surface area (Å²) >= 11 is 0. The Hall–Kier alpha value is -1.77. The first-order valence-electron chi connectivity index (χ1n) is 5.65. The second-order valence-electron chi connectivity index (χ2n) is 4.42. The molecule has 82 valence electrons. The van der Waals surface area contributed by atoms with Gasteiger partial charge in [-0.2, -0.15) is 5.10 Å². The highest BCUT2D eigenvalue weighted by atomic mass is 15.2. The Balaban J connectivity index is 2.15. The first kappa shape index (κ1) is 9.46. The highest BCUT2D eigenvalue weighted by Gasteiger charge is 2.16. The summed E-state index contributed by atoms with van der Waals surface area (Å²) in [4.78, 5) is 0. The Morgan fingerprint density at radius 1 is 1.31 bits per heavy atom. The summed E-state index contributed by atoms with van der Waals surface area (Å²) in [5.74, 6) is 0. The van der Waals surface area contributed by atoms with Crippen LogP contribution in [0.2, 0.25) is 0 Å². The van der Waals surface area contributed by atoms with Gasteiger partial charge in [0, 0.05) is 30.1 Å². The number of aryl methyl sites for hydroxylation is 2. The summed E-state index contributed by atoms with van der Waals surface area (Å²) in [5, 5.41) is 4.19. The van der Waals surface area contributed by atoms with E-state index in [9.17, 15) is 0 Å². The van der Waals surface area contributed by atoms with Gasteiger partial charge in [0.2, 0.25) is 0 Å². The van der Waals surface area contributed by atoms with Gasteiger partial charge in [0.05, 0.1) is 6.20 Å². The molecule has 1 aromatic heterocycles. The molecule has 0 atom stereocenters. The molecule has 0 spiro atoms. The highest BCUT2D eigenvalue weighted by molar-refractivity contribution is 5.79. The summed E-state index contributed by atoms with van der Waals surface area (Å²) in [6.07, 6.45) is 7.40. The zero-order chi connectivity index (χ0) is 11.1. The van der Waals surface area contributed by atoms with Crippen molar-refractivity contribution in [2.24, 2.45) is 7.05 Å². The normalized spacial score (nSPS) is 14.1. The number of aromatic nitrogens is 2. The van der Waals surface area contributed by atoms with E-state index in [-0.39, 0.29) is 0 Å². The second-order valence-corrected chi connectivity index (χ2v) is 4.42. The zero-order valence-corrected chi connectivity index (χ0v) is 9.40. The molecule has 0 radical (unpaired) electrons. The summed E-state index contributed by atoms with van der Waals surface area (Å²) in [6.45, 7) is 0. The molecule has 3 rings (SSSR count). The van der Waals surface area contributed by atoms with Crippen molar-refractivity contribution in [2.45, 2.75) is 19.3 Å². The lowest BCUT2D eigenvalue weighted by molar-refractivity contribution is 0.768. The van der Waals surface area contributed by atoms with E-state index in [0.29, 0.717) is 0 Å². The Morgan fingerprint density at radius 2 is 2.19 bits per heavy atom. The van der Waals surface area contributed by atoms with Gasteiger partial charge in [0.1, 0.15) is 0 Å². The first-order valence-corrected chi connectivity index (χ1v) is 5.65. The minimum absolute atomic E-state index is 0.947. The van der Waals surface area contributed by atoms with E-state index < -0.39 is 0 Å². The highest BCUT2D eigenvalue weighted by Crippen LogP contribution is 2.34. The molecule has 3 nitrogen and oxygen atoms in total. The minimum atomic E-state index is 0.947. The molecule has 3 heteroatoms. The van der Waals surface area contributed by atoms with Gasteiger partial charge in [-0.3, -0.25) is 4.68 Å². The fourth-order valence-corrected chi connectivity index (χ4v) is 2.51. The van der Waals surface area contributed by atoms with Crippen molar-refractivity contribution < 1.29 is 0 Å². The Labute approximate surface area is 94.9 Å². The number of nitrogens with zero attached hydrogens (tertiary/aromatic N) is 2. The lowest BCUT2D eigenvalue weighted by atomic mass is 10.00. The largest absolute Gasteiger partial charge is 0.398 e. The van der Waals surface area contributed by atoms with E-state index in [2.05, 4.69) is 17.2 Å². The summed E-state index contributed by atoms with van der Waals surface area (Å²) in [7, 11) is 1.92. The van der Waals surface area contributed by atoms with Gasteiger partial charge >= 0.3 is 0 Å². The summed E-state index contributed by atoms with van der Waals surface area (Å²) in [5.41, 5.74) is 12.2. The Bertz CT molecular complexity index is 540. The molecule has 0 amide bonds. The van der Waals surface area contributed by atoms with E-state index in [0.717, 1.165) is 23.2 Å². The van der Waals surface area contributed by atoms with Gasteiger partial charge in [0.25, 0.3) is 0 Å². The van der Waals surface area contributed by atoms with Crippen LogP contribution in [0.15, 0.2) is 24.5 Å². The van der Waals surface area contributed by atoms with Crippen molar-refractivity contribution in [2.75, 3.05) is 5.73 Å². The third-order valence-corrected chi connectivity index (χ3v) is 3.34. The summed E-state index contributed by atoms with van der Waals surface area (Å²) < 4.78 is 1.81. The van der Waals surface area contributed by atoms with Crippen LogP contribution in [0.25, 0.3) is 11.1 Å². The van der Waals surface area contributed by atoms with Crippen LogP contribution in [0, 0.1) is 0 Å². The van der Waals surface area contributed by atoms with Crippen LogP contribution in [0.1, 0.15) is 17.5 Å². The number of hydrogen-bond acceptors (Lipinski definition) is 2. The smallest absolute Gasteiger partial charge is 0.0568 e. The van der Waals surface area contributed by atoms with Crippen LogP contribution in [-0.2, 0) is 19.9 Å². The molecule has 0 bridgehead atoms. The number of nitrogens with two attached hydrogens (primary N) is 1.